The summed E-state index contributed by atoms with van der Waals surface area (Å²) in [7, 11) is 0. The molecule has 0 radical (unpaired) electrons. The van der Waals surface area contributed by atoms with Crippen LogP contribution in [0.5, 0.6) is 0 Å². The molecular weight excluding hydrogens is 196 g/mol. The Bertz CT molecular complexity index is 338. The summed E-state index contributed by atoms with van der Waals surface area (Å²) in [5.74, 6) is 0.743. The van der Waals surface area contributed by atoms with Crippen LogP contribution in [0, 0.1) is 5.92 Å². The zero-order chi connectivity index (χ0) is 10.1. The predicted molar refractivity (Wildman–Crippen MR) is 57.6 cm³/mol. The number of benzene rings is 1. The summed E-state index contributed by atoms with van der Waals surface area (Å²) in [6.07, 6.45) is 2.16. The molecule has 0 amide bonds. The molecule has 1 unspecified atom stereocenters. The number of hydrogen-bond donors (Lipinski definition) is 0. The molecule has 1 saturated carbocycles. The molecule has 0 bridgehead atoms. The molecule has 1 fully saturated rings. The molecule has 1 aliphatic carbocycles. The lowest BCUT2D eigenvalue weighted by Crippen LogP contribution is -2.10. The minimum Gasteiger partial charge on any atom is -0.299 e. The Balaban J connectivity index is 2.13. The number of rotatable bonds is 3. The smallest absolute Gasteiger partial charge is 0.143 e. The van der Waals surface area contributed by atoms with Crippen LogP contribution in [-0.4, -0.2) is 5.78 Å². The van der Waals surface area contributed by atoms with Gasteiger partial charge in [-0.2, -0.15) is 0 Å². The molecule has 0 spiro atoms. The Labute approximate surface area is 89.1 Å². The second-order valence-electron chi connectivity index (χ2n) is 3.95. The highest BCUT2D eigenvalue weighted by molar-refractivity contribution is 6.30. The Kier molecular flexibility index (Phi) is 2.60. The molecule has 1 nitrogen and oxygen atoms in total. The van der Waals surface area contributed by atoms with Gasteiger partial charge >= 0.3 is 0 Å². The summed E-state index contributed by atoms with van der Waals surface area (Å²) in [6.45, 7) is 1.98. The van der Waals surface area contributed by atoms with Gasteiger partial charge in [0, 0.05) is 16.9 Å². The largest absolute Gasteiger partial charge is 0.299 e. The van der Waals surface area contributed by atoms with E-state index in [0.29, 0.717) is 11.7 Å². The fourth-order valence-corrected chi connectivity index (χ4v) is 1.76. The van der Waals surface area contributed by atoms with Crippen molar-refractivity contribution in [3.05, 3.63) is 34.9 Å². The van der Waals surface area contributed by atoms with Gasteiger partial charge in [0.05, 0.1) is 0 Å². The third-order valence-electron chi connectivity index (χ3n) is 2.78. The molecule has 0 heterocycles. The Hall–Kier alpha value is -0.820. The summed E-state index contributed by atoms with van der Waals surface area (Å²) in [4.78, 5) is 11.8. The SMILES string of the molecule is CC(C(=O)C1CC1)c1ccc(Cl)cc1. The molecule has 74 valence electrons. The molecule has 2 heteroatoms. The van der Waals surface area contributed by atoms with Gasteiger partial charge in [0.25, 0.3) is 0 Å². The van der Waals surface area contributed by atoms with Crippen molar-refractivity contribution in [2.75, 3.05) is 0 Å². The number of carbonyl (C=O) groups excluding carboxylic acids is 1. The van der Waals surface area contributed by atoms with Crippen molar-refractivity contribution in [1.29, 1.82) is 0 Å². The average Bonchev–Trinajstić information content (AvgIpc) is 3.00. The second kappa shape index (κ2) is 3.74. The molecule has 2 rings (SSSR count). The number of Topliss-reactive ketones (excluding diaryl/α,β-unsaturated/α-hetero) is 1. The van der Waals surface area contributed by atoms with Gasteiger partial charge in [0.15, 0.2) is 0 Å². The van der Waals surface area contributed by atoms with Crippen LogP contribution in [0.2, 0.25) is 5.02 Å². The third kappa shape index (κ3) is 1.98. The van der Waals surface area contributed by atoms with E-state index in [0.717, 1.165) is 23.4 Å². The van der Waals surface area contributed by atoms with Gasteiger partial charge in [-0.3, -0.25) is 4.79 Å². The van der Waals surface area contributed by atoms with Gasteiger partial charge in [-0.05, 0) is 30.5 Å². The van der Waals surface area contributed by atoms with Crippen molar-refractivity contribution < 1.29 is 4.79 Å². The number of ketones is 1. The van der Waals surface area contributed by atoms with E-state index in [1.807, 2.05) is 31.2 Å². The topological polar surface area (TPSA) is 17.1 Å². The van der Waals surface area contributed by atoms with Gasteiger partial charge < -0.3 is 0 Å². The maximum Gasteiger partial charge on any atom is 0.143 e. The van der Waals surface area contributed by atoms with E-state index in [1.54, 1.807) is 0 Å². The minimum atomic E-state index is 0.0276. The standard InChI is InChI=1S/C12H13ClO/c1-8(12(14)10-2-3-10)9-4-6-11(13)7-5-9/h4-8,10H,2-3H2,1H3. The first-order valence-electron chi connectivity index (χ1n) is 4.97. The van der Waals surface area contributed by atoms with E-state index in [4.69, 9.17) is 11.6 Å². The number of hydrogen-bond acceptors (Lipinski definition) is 1. The van der Waals surface area contributed by atoms with Gasteiger partial charge in [-0.25, -0.2) is 0 Å². The maximum atomic E-state index is 11.8. The fourth-order valence-electron chi connectivity index (χ4n) is 1.64. The first kappa shape index (κ1) is 9.72. The summed E-state index contributed by atoms with van der Waals surface area (Å²) in [5.41, 5.74) is 1.08. The number of carbonyl (C=O) groups is 1. The molecule has 1 aromatic carbocycles. The monoisotopic (exact) mass is 208 g/mol. The highest BCUT2D eigenvalue weighted by Gasteiger charge is 2.33. The van der Waals surface area contributed by atoms with Crippen LogP contribution >= 0.6 is 11.6 Å². The normalized spacial score (nSPS) is 17.9. The fraction of sp³-hybridized carbons (Fsp3) is 0.417. The lowest BCUT2D eigenvalue weighted by atomic mass is 9.94. The van der Waals surface area contributed by atoms with Crippen molar-refractivity contribution in [2.45, 2.75) is 25.7 Å². The van der Waals surface area contributed by atoms with Crippen molar-refractivity contribution in [3.63, 3.8) is 0 Å². The zero-order valence-electron chi connectivity index (χ0n) is 8.16. The third-order valence-corrected chi connectivity index (χ3v) is 3.03. The van der Waals surface area contributed by atoms with Crippen LogP contribution in [0.1, 0.15) is 31.2 Å². The van der Waals surface area contributed by atoms with Gasteiger partial charge in [0.2, 0.25) is 0 Å². The van der Waals surface area contributed by atoms with Gasteiger partial charge in [0.1, 0.15) is 5.78 Å². The lowest BCUT2D eigenvalue weighted by Gasteiger charge is -2.09. The molecule has 1 aliphatic rings. The van der Waals surface area contributed by atoms with E-state index in [9.17, 15) is 4.79 Å². The van der Waals surface area contributed by atoms with Crippen LogP contribution in [0.4, 0.5) is 0 Å². The molecule has 0 aromatic heterocycles. The van der Waals surface area contributed by atoms with E-state index in [1.165, 1.54) is 0 Å². The Morgan fingerprint density at radius 1 is 1.36 bits per heavy atom. The number of halogens is 1. The average molecular weight is 209 g/mol. The zero-order valence-corrected chi connectivity index (χ0v) is 8.92. The summed E-state index contributed by atoms with van der Waals surface area (Å²) in [6, 6.07) is 7.56. The predicted octanol–water partition coefficient (Wildman–Crippen LogP) is 3.42. The van der Waals surface area contributed by atoms with E-state index in [-0.39, 0.29) is 5.92 Å². The van der Waals surface area contributed by atoms with Crippen molar-refractivity contribution >= 4 is 17.4 Å². The summed E-state index contributed by atoms with van der Waals surface area (Å²) in [5, 5.41) is 0.722. The molecule has 14 heavy (non-hydrogen) atoms. The van der Waals surface area contributed by atoms with E-state index < -0.39 is 0 Å². The molecular formula is C12H13ClO. The first-order valence-corrected chi connectivity index (χ1v) is 5.35. The molecule has 0 aliphatic heterocycles. The molecule has 0 saturated heterocycles. The van der Waals surface area contributed by atoms with Crippen LogP contribution in [0.3, 0.4) is 0 Å². The lowest BCUT2D eigenvalue weighted by molar-refractivity contribution is -0.121. The Morgan fingerprint density at radius 2 is 1.93 bits per heavy atom. The Morgan fingerprint density at radius 3 is 2.43 bits per heavy atom. The van der Waals surface area contributed by atoms with Crippen LogP contribution < -0.4 is 0 Å². The first-order chi connectivity index (χ1) is 6.68. The van der Waals surface area contributed by atoms with Crippen LogP contribution in [0.25, 0.3) is 0 Å². The highest BCUT2D eigenvalue weighted by Crippen LogP contribution is 2.35. The highest BCUT2D eigenvalue weighted by atomic mass is 35.5. The minimum absolute atomic E-state index is 0.0276. The summed E-state index contributed by atoms with van der Waals surface area (Å²) >= 11 is 5.79. The molecule has 1 atom stereocenters. The maximum absolute atomic E-state index is 11.8. The van der Waals surface area contributed by atoms with Crippen molar-refractivity contribution in [1.82, 2.24) is 0 Å². The van der Waals surface area contributed by atoms with Crippen molar-refractivity contribution in [2.24, 2.45) is 5.92 Å². The van der Waals surface area contributed by atoms with Gasteiger partial charge in [-0.15, -0.1) is 0 Å². The molecule has 1 aromatic rings. The second-order valence-corrected chi connectivity index (χ2v) is 4.39. The molecule has 0 N–H and O–H groups in total. The van der Waals surface area contributed by atoms with E-state index >= 15 is 0 Å². The van der Waals surface area contributed by atoms with Gasteiger partial charge in [-0.1, -0.05) is 30.7 Å². The van der Waals surface area contributed by atoms with Crippen LogP contribution in [-0.2, 0) is 4.79 Å². The quantitative estimate of drug-likeness (QED) is 0.744. The summed E-state index contributed by atoms with van der Waals surface area (Å²) < 4.78 is 0. The van der Waals surface area contributed by atoms with Crippen LogP contribution in [0.15, 0.2) is 24.3 Å². The van der Waals surface area contributed by atoms with E-state index in [2.05, 4.69) is 0 Å². The van der Waals surface area contributed by atoms with Crippen molar-refractivity contribution in [3.8, 4) is 0 Å².